The van der Waals surface area contributed by atoms with Gasteiger partial charge in [0.25, 0.3) is 5.56 Å². The van der Waals surface area contributed by atoms with Crippen LogP contribution in [0.3, 0.4) is 0 Å². The van der Waals surface area contributed by atoms with Crippen LogP contribution in [0.5, 0.6) is 0 Å². The van der Waals surface area contributed by atoms with E-state index in [1.54, 1.807) is 32.5 Å². The van der Waals surface area contributed by atoms with E-state index in [1.165, 1.54) is 4.68 Å². The number of benzene rings is 2. The van der Waals surface area contributed by atoms with Gasteiger partial charge in [0, 0.05) is 19.5 Å². The number of hydrogen-bond acceptors (Lipinski definition) is 6. The van der Waals surface area contributed by atoms with Crippen molar-refractivity contribution in [3.05, 3.63) is 82.3 Å². The highest BCUT2D eigenvalue weighted by Crippen LogP contribution is 2.32. The molecule has 1 aromatic heterocycles. The molecular formula is C23H24N4O4. The van der Waals surface area contributed by atoms with Gasteiger partial charge in [-0.15, -0.1) is 0 Å². The monoisotopic (exact) mass is 420 g/mol. The number of ether oxygens (including phenoxy) is 2. The molecule has 160 valence electrons. The molecule has 2 unspecified atom stereocenters. The first-order valence-electron chi connectivity index (χ1n) is 9.96. The zero-order valence-corrected chi connectivity index (χ0v) is 17.8. The van der Waals surface area contributed by atoms with Gasteiger partial charge < -0.3 is 9.47 Å². The summed E-state index contributed by atoms with van der Waals surface area (Å²) in [5.41, 5.74) is 4.95. The fourth-order valence-corrected chi connectivity index (χ4v) is 3.63. The molecule has 31 heavy (non-hydrogen) atoms. The maximum absolute atomic E-state index is 13.0. The number of cyclic esters (lactones) is 1. The molecule has 0 radical (unpaired) electrons. The molecule has 4 rings (SSSR count). The highest BCUT2D eigenvalue weighted by molar-refractivity contribution is 6.38. The summed E-state index contributed by atoms with van der Waals surface area (Å²) < 4.78 is 14.8. The Morgan fingerprint density at radius 1 is 1.03 bits per heavy atom. The second-order valence-electron chi connectivity index (χ2n) is 7.51. The number of para-hydroxylation sites is 1. The summed E-state index contributed by atoms with van der Waals surface area (Å²) in [4.78, 5) is 25.7. The van der Waals surface area contributed by atoms with Crippen LogP contribution in [0.25, 0.3) is 5.69 Å². The maximum Gasteiger partial charge on any atom is 0.360 e. The Hall–Kier alpha value is -3.65. The van der Waals surface area contributed by atoms with Gasteiger partial charge in [-0.3, -0.25) is 14.9 Å². The lowest BCUT2D eigenvalue weighted by atomic mass is 10.1. The van der Waals surface area contributed by atoms with Crippen LogP contribution in [0.15, 0.2) is 70.6 Å². The number of aromatic nitrogens is 2. The van der Waals surface area contributed by atoms with Crippen LogP contribution < -0.4 is 11.0 Å². The third-order valence-corrected chi connectivity index (χ3v) is 5.42. The normalized spacial score (nSPS) is 22.4. The Labute approximate surface area is 179 Å². The summed E-state index contributed by atoms with van der Waals surface area (Å²) in [6.07, 6.45) is -0.640. The second kappa shape index (κ2) is 7.88. The Kier molecular flexibility index (Phi) is 5.24. The number of nitrogens with zero attached hydrogens (tertiary/aromatic N) is 3. The van der Waals surface area contributed by atoms with Gasteiger partial charge in [-0.25, -0.2) is 9.48 Å². The van der Waals surface area contributed by atoms with Gasteiger partial charge >= 0.3 is 5.97 Å². The molecule has 0 saturated carbocycles. The van der Waals surface area contributed by atoms with Gasteiger partial charge in [-0.1, -0.05) is 48.5 Å². The summed E-state index contributed by atoms with van der Waals surface area (Å²) in [5, 5.41) is 4.18. The Bertz CT molecular complexity index is 1200. The quantitative estimate of drug-likeness (QED) is 0.518. The lowest BCUT2D eigenvalue weighted by Gasteiger charge is -2.37. The summed E-state index contributed by atoms with van der Waals surface area (Å²) in [5.74, 6) is -1.81. The second-order valence-corrected chi connectivity index (χ2v) is 7.51. The number of hydrogen-bond donors (Lipinski definition) is 1. The summed E-state index contributed by atoms with van der Waals surface area (Å²) in [6.45, 7) is 5.22. The molecule has 3 aromatic rings. The fraction of sp³-hybridized carbons (Fsp3) is 0.261. The molecule has 0 amide bonds. The zero-order valence-electron chi connectivity index (χ0n) is 17.8. The number of nitrogens with one attached hydrogen (secondary N) is 1. The predicted octanol–water partition coefficient (Wildman–Crippen LogP) is 3.09. The lowest BCUT2D eigenvalue weighted by molar-refractivity contribution is -0.244. The van der Waals surface area contributed by atoms with Gasteiger partial charge in [-0.05, 0) is 26.0 Å². The zero-order chi connectivity index (χ0) is 22.2. The average Bonchev–Trinajstić information content (AvgIpc) is 2.97. The SMILES string of the molecule is Cc1c(NN=C2C(=O)OC(C)(c3ccccc3)OC2C)c(=O)n(-c2ccccc2)n1C. The van der Waals surface area contributed by atoms with Gasteiger partial charge in [0.1, 0.15) is 11.8 Å². The molecule has 0 bridgehead atoms. The lowest BCUT2D eigenvalue weighted by Crippen LogP contribution is -2.48. The van der Waals surface area contributed by atoms with Crippen LogP contribution in [-0.2, 0) is 27.1 Å². The molecule has 8 nitrogen and oxygen atoms in total. The summed E-state index contributed by atoms with van der Waals surface area (Å²) >= 11 is 0. The van der Waals surface area contributed by atoms with Crippen LogP contribution in [0, 0.1) is 6.92 Å². The van der Waals surface area contributed by atoms with Crippen LogP contribution >= 0.6 is 0 Å². The Morgan fingerprint density at radius 2 is 1.65 bits per heavy atom. The first kappa shape index (κ1) is 20.6. The molecule has 0 aliphatic carbocycles. The molecule has 2 heterocycles. The Balaban J connectivity index is 1.62. The van der Waals surface area contributed by atoms with Crippen LogP contribution in [0.4, 0.5) is 5.69 Å². The summed E-state index contributed by atoms with van der Waals surface area (Å²) in [6, 6.07) is 18.5. The van der Waals surface area contributed by atoms with Crippen molar-refractivity contribution in [2.45, 2.75) is 32.7 Å². The average molecular weight is 420 g/mol. The molecule has 0 spiro atoms. The van der Waals surface area contributed by atoms with E-state index in [2.05, 4.69) is 10.5 Å². The highest BCUT2D eigenvalue weighted by atomic mass is 16.7. The topological polar surface area (TPSA) is 86.9 Å². The number of esters is 1. The van der Waals surface area contributed by atoms with E-state index < -0.39 is 17.9 Å². The minimum atomic E-state index is -1.21. The smallest absolute Gasteiger partial charge is 0.360 e. The first-order chi connectivity index (χ1) is 14.8. The largest absolute Gasteiger partial charge is 0.424 e. The van der Waals surface area contributed by atoms with Gasteiger partial charge in [0.05, 0.1) is 11.4 Å². The van der Waals surface area contributed by atoms with E-state index in [1.807, 2.05) is 60.7 Å². The van der Waals surface area contributed by atoms with Crippen molar-refractivity contribution in [1.82, 2.24) is 9.36 Å². The maximum atomic E-state index is 13.0. The van der Waals surface area contributed by atoms with Crippen LogP contribution in [0.1, 0.15) is 25.1 Å². The summed E-state index contributed by atoms with van der Waals surface area (Å²) in [7, 11) is 1.79. The van der Waals surface area contributed by atoms with E-state index in [0.717, 1.165) is 11.3 Å². The standard InChI is InChI=1S/C23H24N4O4/c1-15-19(21(28)27(26(15)4)18-13-9-6-10-14-18)24-25-20-16(2)30-23(3,31-22(20)29)17-11-7-5-8-12-17/h5-14,16,24H,1-4H3. The molecule has 1 N–H and O–H groups in total. The van der Waals surface area contributed by atoms with E-state index in [4.69, 9.17) is 9.47 Å². The van der Waals surface area contributed by atoms with E-state index in [9.17, 15) is 9.59 Å². The van der Waals surface area contributed by atoms with Crippen molar-refractivity contribution in [3.8, 4) is 5.69 Å². The van der Waals surface area contributed by atoms with Gasteiger partial charge in [0.2, 0.25) is 5.79 Å². The molecule has 2 atom stereocenters. The number of hydrazone groups is 1. The predicted molar refractivity (Wildman–Crippen MR) is 117 cm³/mol. The van der Waals surface area contributed by atoms with Crippen molar-refractivity contribution in [1.29, 1.82) is 0 Å². The minimum Gasteiger partial charge on any atom is -0.424 e. The Morgan fingerprint density at radius 3 is 2.26 bits per heavy atom. The molecule has 2 aromatic carbocycles. The molecule has 1 aliphatic heterocycles. The number of carbonyl (C=O) groups excluding carboxylic acids is 1. The molecule has 1 fully saturated rings. The molecule has 1 saturated heterocycles. The molecular weight excluding hydrogens is 396 g/mol. The number of anilines is 1. The van der Waals surface area contributed by atoms with Crippen molar-refractivity contribution >= 4 is 17.4 Å². The van der Waals surface area contributed by atoms with Gasteiger partial charge in [0.15, 0.2) is 5.71 Å². The first-order valence-corrected chi connectivity index (χ1v) is 9.96. The van der Waals surface area contributed by atoms with Crippen molar-refractivity contribution in [2.75, 3.05) is 5.43 Å². The third kappa shape index (κ3) is 3.66. The third-order valence-electron chi connectivity index (χ3n) is 5.42. The van der Waals surface area contributed by atoms with E-state index in [0.29, 0.717) is 5.69 Å². The number of carbonyl (C=O) groups is 1. The van der Waals surface area contributed by atoms with Gasteiger partial charge in [-0.2, -0.15) is 5.10 Å². The van der Waals surface area contributed by atoms with Crippen LogP contribution in [0.2, 0.25) is 0 Å². The van der Waals surface area contributed by atoms with E-state index in [-0.39, 0.29) is 17.0 Å². The van der Waals surface area contributed by atoms with E-state index >= 15 is 0 Å². The number of rotatable bonds is 4. The van der Waals surface area contributed by atoms with Crippen molar-refractivity contribution in [2.24, 2.45) is 12.1 Å². The molecule has 8 heteroatoms. The van der Waals surface area contributed by atoms with Crippen LogP contribution in [-0.4, -0.2) is 27.1 Å². The van der Waals surface area contributed by atoms with Crippen molar-refractivity contribution < 1.29 is 14.3 Å². The highest BCUT2D eigenvalue weighted by Gasteiger charge is 2.43. The fourth-order valence-electron chi connectivity index (χ4n) is 3.63. The molecule has 1 aliphatic rings. The minimum absolute atomic E-state index is 0.0577. The van der Waals surface area contributed by atoms with Crippen molar-refractivity contribution in [3.63, 3.8) is 0 Å².